The predicted octanol–water partition coefficient (Wildman–Crippen LogP) is 3.05. The van der Waals surface area contributed by atoms with E-state index in [2.05, 4.69) is 22.2 Å². The number of anilines is 1. The second kappa shape index (κ2) is 5.99. The van der Waals surface area contributed by atoms with E-state index in [-0.39, 0.29) is 0 Å². The summed E-state index contributed by atoms with van der Waals surface area (Å²) in [6, 6.07) is 5.92. The third-order valence-corrected chi connectivity index (χ3v) is 3.44. The van der Waals surface area contributed by atoms with Gasteiger partial charge in [0.05, 0.1) is 5.69 Å². The molecule has 110 valence electrons. The second-order valence-corrected chi connectivity index (χ2v) is 4.98. The molecule has 3 rings (SSSR count). The highest BCUT2D eigenvalue weighted by Gasteiger charge is 2.15. The zero-order valence-corrected chi connectivity index (χ0v) is 12.3. The Balaban J connectivity index is 1.96. The van der Waals surface area contributed by atoms with Crippen molar-refractivity contribution in [1.29, 1.82) is 0 Å². The molecule has 0 saturated carbocycles. The van der Waals surface area contributed by atoms with Gasteiger partial charge in [-0.2, -0.15) is 0 Å². The summed E-state index contributed by atoms with van der Waals surface area (Å²) in [5.41, 5.74) is 2.97. The Morgan fingerprint density at radius 1 is 1.14 bits per heavy atom. The van der Waals surface area contributed by atoms with Gasteiger partial charge in [0, 0.05) is 17.7 Å². The molecule has 0 radical (unpaired) electrons. The van der Waals surface area contributed by atoms with Gasteiger partial charge in [0.2, 0.25) is 0 Å². The Hall–Kier alpha value is -2.30. The lowest BCUT2D eigenvalue weighted by atomic mass is 10.1. The van der Waals surface area contributed by atoms with Crippen molar-refractivity contribution in [2.45, 2.75) is 20.3 Å². The number of rotatable bonds is 4. The van der Waals surface area contributed by atoms with Gasteiger partial charge in [-0.25, -0.2) is 9.97 Å². The largest absolute Gasteiger partial charge is 0.486 e. The maximum Gasteiger partial charge on any atom is 0.162 e. The molecule has 0 aliphatic carbocycles. The number of hydrogen-bond donors (Lipinski definition) is 1. The Labute approximate surface area is 124 Å². The first-order valence-corrected chi connectivity index (χ1v) is 7.25. The topological polar surface area (TPSA) is 56.3 Å². The van der Waals surface area contributed by atoms with Gasteiger partial charge in [0.15, 0.2) is 11.5 Å². The molecule has 1 aliphatic heterocycles. The molecule has 1 aromatic carbocycles. The molecule has 1 aliphatic rings. The summed E-state index contributed by atoms with van der Waals surface area (Å²) in [6.45, 7) is 6.25. The van der Waals surface area contributed by atoms with Crippen LogP contribution in [-0.4, -0.2) is 29.7 Å². The van der Waals surface area contributed by atoms with E-state index in [0.29, 0.717) is 13.2 Å². The molecule has 0 spiro atoms. The van der Waals surface area contributed by atoms with Gasteiger partial charge >= 0.3 is 0 Å². The van der Waals surface area contributed by atoms with Crippen molar-refractivity contribution in [3.8, 4) is 22.8 Å². The van der Waals surface area contributed by atoms with Crippen LogP contribution in [0, 0.1) is 6.92 Å². The highest BCUT2D eigenvalue weighted by atomic mass is 16.6. The Morgan fingerprint density at radius 3 is 2.76 bits per heavy atom. The van der Waals surface area contributed by atoms with Crippen molar-refractivity contribution in [3.05, 3.63) is 30.1 Å². The van der Waals surface area contributed by atoms with E-state index in [9.17, 15) is 0 Å². The number of fused-ring (bicyclic) bond motifs is 1. The van der Waals surface area contributed by atoms with Crippen molar-refractivity contribution in [2.75, 3.05) is 25.1 Å². The van der Waals surface area contributed by atoms with Gasteiger partial charge < -0.3 is 14.8 Å². The van der Waals surface area contributed by atoms with Gasteiger partial charge in [-0.3, -0.25) is 0 Å². The van der Waals surface area contributed by atoms with Crippen LogP contribution < -0.4 is 14.8 Å². The Kier molecular flexibility index (Phi) is 3.90. The lowest BCUT2D eigenvalue weighted by molar-refractivity contribution is 0.171. The monoisotopic (exact) mass is 285 g/mol. The standard InChI is InChI=1S/C16H19N3O2/c1-3-6-17-16-11(2)15(18-10-19-16)12-4-5-13-14(9-12)21-8-7-20-13/h4-5,9-10H,3,6-8H2,1-2H3,(H,17,18,19). The Morgan fingerprint density at radius 2 is 1.95 bits per heavy atom. The highest BCUT2D eigenvalue weighted by Crippen LogP contribution is 2.35. The van der Waals surface area contributed by atoms with Crippen LogP contribution in [0.1, 0.15) is 18.9 Å². The lowest BCUT2D eigenvalue weighted by Crippen LogP contribution is -2.15. The minimum atomic E-state index is 0.586. The summed E-state index contributed by atoms with van der Waals surface area (Å²) in [5.74, 6) is 2.46. The summed E-state index contributed by atoms with van der Waals surface area (Å²) >= 11 is 0. The molecule has 2 heterocycles. The fraction of sp³-hybridized carbons (Fsp3) is 0.375. The molecule has 0 fully saturated rings. The fourth-order valence-corrected chi connectivity index (χ4v) is 2.35. The predicted molar refractivity (Wildman–Crippen MR) is 82.0 cm³/mol. The van der Waals surface area contributed by atoms with Crippen molar-refractivity contribution in [1.82, 2.24) is 9.97 Å². The molecule has 1 N–H and O–H groups in total. The molecule has 0 unspecified atom stereocenters. The molecule has 0 atom stereocenters. The summed E-state index contributed by atoms with van der Waals surface area (Å²) in [4.78, 5) is 8.73. The Bertz CT molecular complexity index is 643. The van der Waals surface area contributed by atoms with Gasteiger partial charge in [-0.15, -0.1) is 0 Å². The first-order chi connectivity index (χ1) is 10.3. The molecule has 2 aromatic rings. The van der Waals surface area contributed by atoms with E-state index in [4.69, 9.17) is 9.47 Å². The van der Waals surface area contributed by atoms with E-state index in [1.165, 1.54) is 0 Å². The summed E-state index contributed by atoms with van der Waals surface area (Å²) in [5, 5.41) is 3.33. The first kappa shape index (κ1) is 13.7. The van der Waals surface area contributed by atoms with Crippen LogP contribution in [-0.2, 0) is 0 Å². The van der Waals surface area contributed by atoms with Crippen molar-refractivity contribution < 1.29 is 9.47 Å². The van der Waals surface area contributed by atoms with Crippen LogP contribution >= 0.6 is 0 Å². The fourth-order valence-electron chi connectivity index (χ4n) is 2.35. The number of nitrogens with one attached hydrogen (secondary N) is 1. The van der Waals surface area contributed by atoms with E-state index in [1.807, 2.05) is 25.1 Å². The normalized spacial score (nSPS) is 13.0. The zero-order valence-electron chi connectivity index (χ0n) is 12.3. The maximum absolute atomic E-state index is 5.64. The maximum atomic E-state index is 5.64. The van der Waals surface area contributed by atoms with Gasteiger partial charge in [0.1, 0.15) is 25.4 Å². The number of benzene rings is 1. The van der Waals surface area contributed by atoms with E-state index < -0.39 is 0 Å². The average molecular weight is 285 g/mol. The number of ether oxygens (including phenoxy) is 2. The quantitative estimate of drug-likeness (QED) is 0.935. The molecule has 0 saturated heterocycles. The lowest BCUT2D eigenvalue weighted by Gasteiger charge is -2.19. The van der Waals surface area contributed by atoms with Crippen molar-refractivity contribution in [2.24, 2.45) is 0 Å². The molecule has 0 bridgehead atoms. The highest BCUT2D eigenvalue weighted by molar-refractivity contribution is 5.70. The average Bonchev–Trinajstić information content (AvgIpc) is 2.53. The third kappa shape index (κ3) is 2.77. The molecule has 0 amide bonds. The minimum Gasteiger partial charge on any atom is -0.486 e. The van der Waals surface area contributed by atoms with Crippen molar-refractivity contribution >= 4 is 5.82 Å². The second-order valence-electron chi connectivity index (χ2n) is 4.98. The van der Waals surface area contributed by atoms with E-state index >= 15 is 0 Å². The number of aromatic nitrogens is 2. The molecular formula is C16H19N3O2. The van der Waals surface area contributed by atoms with Crippen LogP contribution in [0.5, 0.6) is 11.5 Å². The van der Waals surface area contributed by atoms with Crippen LogP contribution in [0.3, 0.4) is 0 Å². The summed E-state index contributed by atoms with van der Waals surface area (Å²) in [6.07, 6.45) is 2.65. The molecular weight excluding hydrogens is 266 g/mol. The third-order valence-electron chi connectivity index (χ3n) is 3.44. The van der Waals surface area contributed by atoms with Crippen molar-refractivity contribution in [3.63, 3.8) is 0 Å². The van der Waals surface area contributed by atoms with Crippen LogP contribution in [0.15, 0.2) is 24.5 Å². The molecule has 1 aromatic heterocycles. The molecule has 21 heavy (non-hydrogen) atoms. The van der Waals surface area contributed by atoms with Crippen LogP contribution in [0.2, 0.25) is 0 Å². The van der Waals surface area contributed by atoms with Crippen LogP contribution in [0.4, 0.5) is 5.82 Å². The smallest absolute Gasteiger partial charge is 0.162 e. The zero-order chi connectivity index (χ0) is 14.7. The molecule has 5 nitrogen and oxygen atoms in total. The summed E-state index contributed by atoms with van der Waals surface area (Å²) in [7, 11) is 0. The van der Waals surface area contributed by atoms with Gasteiger partial charge in [-0.1, -0.05) is 6.92 Å². The SMILES string of the molecule is CCCNc1ncnc(-c2ccc3c(c2)OCCO3)c1C. The van der Waals surface area contributed by atoms with E-state index in [1.54, 1.807) is 6.33 Å². The van der Waals surface area contributed by atoms with Gasteiger partial charge in [-0.05, 0) is 31.5 Å². The van der Waals surface area contributed by atoms with Crippen LogP contribution in [0.25, 0.3) is 11.3 Å². The van der Waals surface area contributed by atoms with E-state index in [0.717, 1.165) is 47.1 Å². The minimum absolute atomic E-state index is 0.586. The van der Waals surface area contributed by atoms with Gasteiger partial charge in [0.25, 0.3) is 0 Å². The first-order valence-electron chi connectivity index (χ1n) is 7.25. The molecule has 5 heteroatoms. The summed E-state index contributed by atoms with van der Waals surface area (Å²) < 4.78 is 11.2. The number of hydrogen-bond acceptors (Lipinski definition) is 5. The number of nitrogens with zero attached hydrogens (tertiary/aromatic N) is 2.